The zero-order chi connectivity index (χ0) is 24.1. The van der Waals surface area contributed by atoms with Gasteiger partial charge in [0.2, 0.25) is 5.91 Å². The second-order valence-electron chi connectivity index (χ2n) is 7.34. The molecule has 1 fully saturated rings. The van der Waals surface area contributed by atoms with E-state index < -0.39 is 17.5 Å². The number of hydrogen-bond donors (Lipinski definition) is 1. The molecule has 2 aromatic carbocycles. The van der Waals surface area contributed by atoms with Crippen LogP contribution in [0.5, 0.6) is 0 Å². The topological polar surface area (TPSA) is 92.5 Å². The molecule has 1 saturated heterocycles. The van der Waals surface area contributed by atoms with Gasteiger partial charge in [0.05, 0.1) is 16.7 Å². The van der Waals surface area contributed by atoms with Gasteiger partial charge < -0.3 is 9.73 Å². The number of rotatable bonds is 8. The maximum absolute atomic E-state index is 13.9. The highest BCUT2D eigenvalue weighted by Crippen LogP contribution is 2.31. The molecule has 0 aliphatic carbocycles. The van der Waals surface area contributed by atoms with E-state index in [2.05, 4.69) is 10.3 Å². The van der Waals surface area contributed by atoms with Crippen molar-refractivity contribution in [1.82, 2.24) is 15.2 Å². The van der Waals surface area contributed by atoms with Crippen LogP contribution in [0.15, 0.2) is 64.1 Å². The van der Waals surface area contributed by atoms with Crippen LogP contribution in [0, 0.1) is 11.6 Å². The first-order chi connectivity index (χ1) is 16.4. The molecule has 1 aromatic heterocycles. The molecule has 3 amide bonds. The number of carbonyl (C=O) groups is 3. The van der Waals surface area contributed by atoms with Crippen molar-refractivity contribution in [1.29, 1.82) is 0 Å². The van der Waals surface area contributed by atoms with Gasteiger partial charge in [0.25, 0.3) is 11.1 Å². The van der Waals surface area contributed by atoms with Crippen molar-refractivity contribution < 1.29 is 27.6 Å². The summed E-state index contributed by atoms with van der Waals surface area (Å²) in [7, 11) is 0. The van der Waals surface area contributed by atoms with Crippen LogP contribution in [-0.4, -0.2) is 40.0 Å². The summed E-state index contributed by atoms with van der Waals surface area (Å²) in [6, 6.07) is 12.3. The molecule has 0 spiro atoms. The monoisotopic (exact) mass is 483 g/mol. The van der Waals surface area contributed by atoms with E-state index in [1.807, 2.05) is 30.3 Å². The van der Waals surface area contributed by atoms with Crippen molar-refractivity contribution in [2.24, 2.45) is 0 Å². The molecule has 4 rings (SSSR count). The van der Waals surface area contributed by atoms with E-state index in [0.29, 0.717) is 4.91 Å². The minimum absolute atomic E-state index is 0.0433. The SMILES string of the molecule is O=C(CCc1ncc(-c2ccc(F)cc2F)o1)NCCN1C(=O)S/C(=C\c2ccccc2)C1=O. The Kier molecular flexibility index (Phi) is 7.17. The zero-order valence-electron chi connectivity index (χ0n) is 17.8. The number of amides is 3. The molecule has 1 N–H and O–H groups in total. The summed E-state index contributed by atoms with van der Waals surface area (Å²) in [5.41, 5.74) is 0.890. The van der Waals surface area contributed by atoms with Gasteiger partial charge in [0.15, 0.2) is 11.7 Å². The molecule has 174 valence electrons. The number of oxazole rings is 1. The zero-order valence-corrected chi connectivity index (χ0v) is 18.6. The molecule has 0 atom stereocenters. The summed E-state index contributed by atoms with van der Waals surface area (Å²) in [6.07, 6.45) is 3.18. The van der Waals surface area contributed by atoms with Crippen LogP contribution in [0.4, 0.5) is 13.6 Å². The number of benzene rings is 2. The molecular weight excluding hydrogens is 464 g/mol. The van der Waals surface area contributed by atoms with Crippen LogP contribution in [0.1, 0.15) is 17.9 Å². The number of halogens is 2. The molecular formula is C24H19F2N3O4S. The number of nitrogens with one attached hydrogen (secondary N) is 1. The summed E-state index contributed by atoms with van der Waals surface area (Å²) in [4.78, 5) is 42.3. The lowest BCUT2D eigenvalue weighted by molar-refractivity contribution is -0.124. The van der Waals surface area contributed by atoms with Crippen molar-refractivity contribution >= 4 is 34.9 Å². The van der Waals surface area contributed by atoms with Crippen LogP contribution >= 0.6 is 11.8 Å². The van der Waals surface area contributed by atoms with Crippen molar-refractivity contribution in [2.75, 3.05) is 13.1 Å². The van der Waals surface area contributed by atoms with Crippen molar-refractivity contribution in [2.45, 2.75) is 12.8 Å². The molecule has 1 aliphatic rings. The van der Waals surface area contributed by atoms with E-state index in [0.717, 1.165) is 34.4 Å². The van der Waals surface area contributed by atoms with E-state index >= 15 is 0 Å². The van der Waals surface area contributed by atoms with Crippen LogP contribution in [-0.2, 0) is 16.0 Å². The first-order valence-electron chi connectivity index (χ1n) is 10.4. The summed E-state index contributed by atoms with van der Waals surface area (Å²) in [5.74, 6) is -1.82. The molecule has 34 heavy (non-hydrogen) atoms. The predicted molar refractivity (Wildman–Crippen MR) is 122 cm³/mol. The van der Waals surface area contributed by atoms with Crippen LogP contribution in [0.25, 0.3) is 17.4 Å². The van der Waals surface area contributed by atoms with Gasteiger partial charge in [-0.3, -0.25) is 19.3 Å². The molecule has 1 aliphatic heterocycles. The highest BCUT2D eigenvalue weighted by molar-refractivity contribution is 8.18. The van der Waals surface area contributed by atoms with Gasteiger partial charge in [-0.15, -0.1) is 0 Å². The second-order valence-corrected chi connectivity index (χ2v) is 8.33. The molecule has 0 bridgehead atoms. The first kappa shape index (κ1) is 23.4. The predicted octanol–water partition coefficient (Wildman–Crippen LogP) is 4.41. The smallest absolute Gasteiger partial charge is 0.293 e. The Balaban J connectivity index is 1.24. The number of aromatic nitrogens is 1. The average Bonchev–Trinajstić information content (AvgIpc) is 3.38. The number of carbonyl (C=O) groups excluding carboxylic acids is 3. The Morgan fingerprint density at radius 2 is 1.94 bits per heavy atom. The fraction of sp³-hybridized carbons (Fsp3) is 0.167. The van der Waals surface area contributed by atoms with Gasteiger partial charge >= 0.3 is 0 Å². The standard InChI is InChI=1S/C24H19F2N3O4S/c25-16-6-7-17(18(26)13-16)19-14-28-22(33-19)9-8-21(30)27-10-11-29-23(31)20(34-24(29)32)12-15-4-2-1-3-5-15/h1-7,12-14H,8-11H2,(H,27,30)/b20-12-. The lowest BCUT2D eigenvalue weighted by Gasteiger charge is -2.12. The normalized spacial score (nSPS) is 14.8. The Morgan fingerprint density at radius 1 is 1.15 bits per heavy atom. The van der Waals surface area contributed by atoms with E-state index in [-0.39, 0.29) is 54.3 Å². The van der Waals surface area contributed by atoms with Crippen LogP contribution in [0.2, 0.25) is 0 Å². The van der Waals surface area contributed by atoms with Gasteiger partial charge in [0, 0.05) is 32.0 Å². The summed E-state index contributed by atoms with van der Waals surface area (Å²) in [5, 5.41) is 2.27. The fourth-order valence-corrected chi connectivity index (χ4v) is 4.11. The third-order valence-corrected chi connectivity index (χ3v) is 5.85. The van der Waals surface area contributed by atoms with Crippen molar-refractivity contribution in [3.63, 3.8) is 0 Å². The van der Waals surface area contributed by atoms with E-state index in [1.54, 1.807) is 6.08 Å². The van der Waals surface area contributed by atoms with Crippen molar-refractivity contribution in [3.8, 4) is 11.3 Å². The lowest BCUT2D eigenvalue weighted by Crippen LogP contribution is -2.37. The Hall–Kier alpha value is -3.79. The highest BCUT2D eigenvalue weighted by Gasteiger charge is 2.34. The molecule has 7 nitrogen and oxygen atoms in total. The number of aryl methyl sites for hydroxylation is 1. The number of nitrogens with zero attached hydrogens (tertiary/aromatic N) is 2. The maximum Gasteiger partial charge on any atom is 0.293 e. The highest BCUT2D eigenvalue weighted by atomic mass is 32.2. The third kappa shape index (κ3) is 5.57. The maximum atomic E-state index is 13.9. The molecule has 10 heteroatoms. The van der Waals surface area contributed by atoms with E-state index in [4.69, 9.17) is 4.42 Å². The van der Waals surface area contributed by atoms with Gasteiger partial charge in [-0.2, -0.15) is 0 Å². The van der Waals surface area contributed by atoms with Gasteiger partial charge in [-0.05, 0) is 35.5 Å². The van der Waals surface area contributed by atoms with Crippen LogP contribution in [0.3, 0.4) is 0 Å². The van der Waals surface area contributed by atoms with Gasteiger partial charge in [-0.25, -0.2) is 13.8 Å². The average molecular weight is 483 g/mol. The Bertz CT molecular complexity index is 1260. The van der Waals surface area contributed by atoms with Crippen LogP contribution < -0.4 is 5.32 Å². The minimum atomic E-state index is -0.772. The third-order valence-electron chi connectivity index (χ3n) is 4.94. The second kappa shape index (κ2) is 10.4. The minimum Gasteiger partial charge on any atom is -0.441 e. The van der Waals surface area contributed by atoms with E-state index in [9.17, 15) is 23.2 Å². The summed E-state index contributed by atoms with van der Waals surface area (Å²) in [6.45, 7) is 0.155. The lowest BCUT2D eigenvalue weighted by atomic mass is 10.2. The fourth-order valence-electron chi connectivity index (χ4n) is 3.25. The van der Waals surface area contributed by atoms with Crippen molar-refractivity contribution in [3.05, 3.63) is 82.7 Å². The Labute approximate surface area is 197 Å². The summed E-state index contributed by atoms with van der Waals surface area (Å²) >= 11 is 0.863. The summed E-state index contributed by atoms with van der Waals surface area (Å²) < 4.78 is 32.4. The first-order valence-corrected chi connectivity index (χ1v) is 11.2. The molecule has 3 aromatic rings. The van der Waals surface area contributed by atoms with Gasteiger partial charge in [0.1, 0.15) is 11.6 Å². The van der Waals surface area contributed by atoms with Gasteiger partial charge in [-0.1, -0.05) is 30.3 Å². The van der Waals surface area contributed by atoms with E-state index in [1.165, 1.54) is 12.3 Å². The molecule has 2 heterocycles. The quantitative estimate of drug-likeness (QED) is 0.478. The Morgan fingerprint density at radius 3 is 2.71 bits per heavy atom. The number of thioether (sulfide) groups is 1. The molecule has 0 saturated carbocycles. The molecule has 0 unspecified atom stereocenters. The number of hydrogen-bond acceptors (Lipinski definition) is 6. The molecule has 0 radical (unpaired) electrons. The largest absolute Gasteiger partial charge is 0.441 e. The number of imide groups is 1.